The largest absolute Gasteiger partial charge is 0.367 e. The van der Waals surface area contributed by atoms with Gasteiger partial charge in [0.05, 0.1) is 23.8 Å². The highest BCUT2D eigenvalue weighted by Crippen LogP contribution is 2.15. The molecule has 19 heavy (non-hydrogen) atoms. The second-order valence-electron chi connectivity index (χ2n) is 4.74. The number of nitrogens with zero attached hydrogens (tertiary/aromatic N) is 3. The highest BCUT2D eigenvalue weighted by Gasteiger charge is 2.30. The normalized spacial score (nSPS) is 22.6. The lowest BCUT2D eigenvalue weighted by atomic mass is 10.1. The number of hydrogen-bond acceptors (Lipinski definition) is 4. The van der Waals surface area contributed by atoms with Crippen molar-refractivity contribution in [3.05, 3.63) is 35.9 Å². The first-order valence-corrected chi connectivity index (χ1v) is 6.26. The maximum Gasteiger partial charge on any atom is 0.253 e. The van der Waals surface area contributed by atoms with E-state index in [0.717, 1.165) is 18.7 Å². The predicted octanol–water partition coefficient (Wildman–Crippen LogP) is -0.142. The van der Waals surface area contributed by atoms with Gasteiger partial charge in [-0.15, -0.1) is 5.10 Å². The van der Waals surface area contributed by atoms with Gasteiger partial charge >= 0.3 is 0 Å². The fourth-order valence-corrected chi connectivity index (χ4v) is 2.42. The minimum atomic E-state index is -0.0578. The van der Waals surface area contributed by atoms with E-state index in [4.69, 9.17) is 0 Å². The van der Waals surface area contributed by atoms with Crippen molar-refractivity contribution in [2.45, 2.75) is 19.0 Å². The maximum absolute atomic E-state index is 12.2. The third kappa shape index (κ3) is 2.24. The molecule has 1 amide bonds. The summed E-state index contributed by atoms with van der Waals surface area (Å²) in [7, 11) is 0. The Morgan fingerprint density at radius 3 is 3.05 bits per heavy atom. The number of H-pyrrole nitrogens is 1. The number of rotatable bonds is 3. The van der Waals surface area contributed by atoms with Crippen molar-refractivity contribution in [2.75, 3.05) is 13.1 Å². The van der Waals surface area contributed by atoms with Gasteiger partial charge in [-0.3, -0.25) is 4.79 Å². The molecule has 3 N–H and O–H groups in total. The quantitative estimate of drug-likeness (QED) is 0.716. The highest BCUT2D eigenvalue weighted by atomic mass is 16.1. The number of amides is 1. The molecule has 1 fully saturated rings. The predicted molar refractivity (Wildman–Crippen MR) is 68.7 cm³/mol. The Bertz CT molecular complexity index is 561. The second-order valence-corrected chi connectivity index (χ2v) is 4.74. The molecule has 0 saturated carbocycles. The van der Waals surface area contributed by atoms with Crippen molar-refractivity contribution in [3.63, 3.8) is 0 Å². The molecule has 2 atom stereocenters. The Hall–Kier alpha value is -2.15. The summed E-state index contributed by atoms with van der Waals surface area (Å²) in [5.41, 5.74) is 1.63. The third-order valence-electron chi connectivity index (χ3n) is 3.48. The highest BCUT2D eigenvalue weighted by molar-refractivity contribution is 5.95. The van der Waals surface area contributed by atoms with E-state index in [9.17, 15) is 4.79 Å². The standard InChI is InChI=1S/C12H16N6O/c1-8-4-13-5-9(8)12(19)16-10-6-14-7-11(10)18-3-2-15-17-18/h2-5,10-11,13-14H,6-7H2,1H3,(H,16,19)/t10-,11+/m1/s1. The second kappa shape index (κ2) is 4.85. The SMILES string of the molecule is Cc1c[nH]cc1C(=O)N[C@@H]1CNC[C@@H]1n1ccnn1. The van der Waals surface area contributed by atoms with E-state index >= 15 is 0 Å². The van der Waals surface area contributed by atoms with Crippen LogP contribution in [0.2, 0.25) is 0 Å². The Morgan fingerprint density at radius 1 is 1.47 bits per heavy atom. The fraction of sp³-hybridized carbons (Fsp3) is 0.417. The van der Waals surface area contributed by atoms with E-state index in [0.29, 0.717) is 5.56 Å². The van der Waals surface area contributed by atoms with Crippen molar-refractivity contribution < 1.29 is 4.79 Å². The Labute approximate surface area is 110 Å². The van der Waals surface area contributed by atoms with Crippen molar-refractivity contribution in [1.82, 2.24) is 30.6 Å². The average molecular weight is 260 g/mol. The van der Waals surface area contributed by atoms with Crippen molar-refractivity contribution >= 4 is 5.91 Å². The number of aromatic nitrogens is 4. The first kappa shape index (κ1) is 11.9. The molecular formula is C12H16N6O. The molecule has 0 aromatic carbocycles. The number of aromatic amines is 1. The molecule has 7 heteroatoms. The molecule has 2 aromatic rings. The van der Waals surface area contributed by atoms with E-state index in [1.54, 1.807) is 17.1 Å². The molecule has 0 unspecified atom stereocenters. The molecule has 3 heterocycles. The topological polar surface area (TPSA) is 87.6 Å². The zero-order valence-electron chi connectivity index (χ0n) is 10.6. The van der Waals surface area contributed by atoms with E-state index < -0.39 is 0 Å². The first-order chi connectivity index (χ1) is 9.25. The van der Waals surface area contributed by atoms with Crippen molar-refractivity contribution in [1.29, 1.82) is 0 Å². The lowest BCUT2D eigenvalue weighted by molar-refractivity contribution is 0.0930. The maximum atomic E-state index is 12.2. The molecule has 1 aliphatic heterocycles. The monoisotopic (exact) mass is 260 g/mol. The summed E-state index contributed by atoms with van der Waals surface area (Å²) in [6, 6.07) is 0.120. The van der Waals surface area contributed by atoms with E-state index in [2.05, 4.69) is 25.9 Å². The van der Waals surface area contributed by atoms with Crippen molar-refractivity contribution in [3.8, 4) is 0 Å². The molecule has 1 saturated heterocycles. The van der Waals surface area contributed by atoms with Crippen LogP contribution in [0.4, 0.5) is 0 Å². The van der Waals surface area contributed by atoms with Gasteiger partial charge in [-0.05, 0) is 12.5 Å². The van der Waals surface area contributed by atoms with Crippen LogP contribution in [-0.2, 0) is 0 Å². The molecule has 0 radical (unpaired) electrons. The summed E-state index contributed by atoms with van der Waals surface area (Å²) in [6.45, 7) is 3.42. The van der Waals surface area contributed by atoms with Gasteiger partial charge in [0, 0.05) is 31.7 Å². The molecule has 100 valence electrons. The summed E-state index contributed by atoms with van der Waals surface area (Å²) in [5, 5.41) is 14.1. The summed E-state index contributed by atoms with van der Waals surface area (Å²) in [5.74, 6) is -0.0578. The van der Waals surface area contributed by atoms with Crippen LogP contribution in [0, 0.1) is 6.92 Å². The number of aryl methyl sites for hydroxylation is 1. The molecule has 7 nitrogen and oxygen atoms in total. The summed E-state index contributed by atoms with van der Waals surface area (Å²) >= 11 is 0. The summed E-state index contributed by atoms with van der Waals surface area (Å²) < 4.78 is 1.79. The van der Waals surface area contributed by atoms with Crippen LogP contribution in [-0.4, -0.2) is 45.0 Å². The van der Waals surface area contributed by atoms with Crippen LogP contribution in [0.5, 0.6) is 0 Å². The zero-order chi connectivity index (χ0) is 13.2. The lowest BCUT2D eigenvalue weighted by Crippen LogP contribution is -2.41. The Morgan fingerprint density at radius 2 is 2.37 bits per heavy atom. The van der Waals surface area contributed by atoms with E-state index in [-0.39, 0.29) is 18.0 Å². The molecule has 0 bridgehead atoms. The minimum absolute atomic E-state index is 0.0171. The number of carbonyl (C=O) groups is 1. The van der Waals surface area contributed by atoms with Crippen molar-refractivity contribution in [2.24, 2.45) is 0 Å². The first-order valence-electron chi connectivity index (χ1n) is 6.26. The minimum Gasteiger partial charge on any atom is -0.367 e. The Balaban J connectivity index is 1.72. The van der Waals surface area contributed by atoms with Gasteiger partial charge in [0.25, 0.3) is 5.91 Å². The zero-order valence-corrected chi connectivity index (χ0v) is 10.6. The van der Waals surface area contributed by atoms with Crippen LogP contribution in [0.1, 0.15) is 22.0 Å². The van der Waals surface area contributed by atoms with Gasteiger partial charge in [0.1, 0.15) is 0 Å². The number of carbonyl (C=O) groups excluding carboxylic acids is 1. The van der Waals surface area contributed by atoms with Gasteiger partial charge in [0.2, 0.25) is 0 Å². The lowest BCUT2D eigenvalue weighted by Gasteiger charge is -2.19. The van der Waals surface area contributed by atoms with Gasteiger partial charge < -0.3 is 15.6 Å². The molecule has 2 aromatic heterocycles. The molecule has 0 aliphatic carbocycles. The van der Waals surface area contributed by atoms with E-state index in [1.165, 1.54) is 0 Å². The van der Waals surface area contributed by atoms with Gasteiger partial charge in [-0.2, -0.15) is 0 Å². The van der Waals surface area contributed by atoms with Crippen LogP contribution in [0.25, 0.3) is 0 Å². The van der Waals surface area contributed by atoms with Crippen LogP contribution >= 0.6 is 0 Å². The molecule has 3 rings (SSSR count). The molecule has 0 spiro atoms. The summed E-state index contributed by atoms with van der Waals surface area (Å²) in [4.78, 5) is 15.1. The van der Waals surface area contributed by atoms with Gasteiger partial charge in [-0.1, -0.05) is 5.21 Å². The van der Waals surface area contributed by atoms with Gasteiger partial charge in [-0.25, -0.2) is 4.68 Å². The van der Waals surface area contributed by atoms with Crippen LogP contribution in [0.15, 0.2) is 24.8 Å². The molecule has 1 aliphatic rings. The molecular weight excluding hydrogens is 244 g/mol. The fourth-order valence-electron chi connectivity index (χ4n) is 2.42. The van der Waals surface area contributed by atoms with Crippen LogP contribution < -0.4 is 10.6 Å². The smallest absolute Gasteiger partial charge is 0.253 e. The van der Waals surface area contributed by atoms with E-state index in [1.807, 2.05) is 19.3 Å². The van der Waals surface area contributed by atoms with Crippen LogP contribution in [0.3, 0.4) is 0 Å². The third-order valence-corrected chi connectivity index (χ3v) is 3.48. The average Bonchev–Trinajstić information content (AvgIpc) is 3.07. The Kier molecular flexibility index (Phi) is 3.04. The number of hydrogen-bond donors (Lipinski definition) is 3. The van der Waals surface area contributed by atoms with Gasteiger partial charge in [0.15, 0.2) is 0 Å². The number of nitrogens with one attached hydrogen (secondary N) is 3. The summed E-state index contributed by atoms with van der Waals surface area (Å²) in [6.07, 6.45) is 7.00.